The standard InChI is InChI=1S/C14H15N3O/c1-2-3-10-18-13-9-8-11-6-4-5-7-12(11)14(13)16-17-15/h4-7,13-14H,8-10H2,1H3/t13-,14-/m1/s1. The summed E-state index contributed by atoms with van der Waals surface area (Å²) in [6.45, 7) is 2.17. The van der Waals surface area contributed by atoms with Crippen LogP contribution in [-0.4, -0.2) is 12.7 Å². The van der Waals surface area contributed by atoms with E-state index >= 15 is 0 Å². The number of azide groups is 1. The van der Waals surface area contributed by atoms with Gasteiger partial charge in [0.25, 0.3) is 0 Å². The third-order valence-electron chi connectivity index (χ3n) is 3.15. The molecule has 1 aliphatic carbocycles. The van der Waals surface area contributed by atoms with E-state index in [4.69, 9.17) is 10.3 Å². The van der Waals surface area contributed by atoms with Crippen molar-refractivity contribution in [3.05, 3.63) is 45.8 Å². The van der Waals surface area contributed by atoms with Crippen LogP contribution < -0.4 is 0 Å². The van der Waals surface area contributed by atoms with Crippen molar-refractivity contribution in [2.24, 2.45) is 5.11 Å². The van der Waals surface area contributed by atoms with Gasteiger partial charge in [-0.2, -0.15) is 0 Å². The van der Waals surface area contributed by atoms with E-state index in [9.17, 15) is 0 Å². The molecule has 4 heteroatoms. The van der Waals surface area contributed by atoms with Gasteiger partial charge in [-0.1, -0.05) is 35.3 Å². The Hall–Kier alpha value is -1.95. The lowest BCUT2D eigenvalue weighted by atomic mass is 9.86. The maximum Gasteiger partial charge on any atom is 0.108 e. The Bertz CT molecular complexity index is 523. The maximum atomic E-state index is 8.71. The largest absolute Gasteiger partial charge is 0.365 e. The molecular formula is C14H15N3O. The molecule has 0 amide bonds. The summed E-state index contributed by atoms with van der Waals surface area (Å²) in [5, 5.41) is 3.89. The molecule has 0 fully saturated rings. The molecule has 4 nitrogen and oxygen atoms in total. The van der Waals surface area contributed by atoms with Gasteiger partial charge < -0.3 is 4.74 Å². The molecule has 92 valence electrons. The minimum absolute atomic E-state index is 0.0725. The molecule has 0 N–H and O–H groups in total. The normalized spacial score (nSPS) is 21.2. The second-order valence-electron chi connectivity index (χ2n) is 4.16. The predicted molar refractivity (Wildman–Crippen MR) is 69.8 cm³/mol. The lowest BCUT2D eigenvalue weighted by Gasteiger charge is -2.30. The highest BCUT2D eigenvalue weighted by Gasteiger charge is 2.28. The molecule has 0 saturated carbocycles. The first-order chi connectivity index (χ1) is 8.86. The monoisotopic (exact) mass is 241 g/mol. The fourth-order valence-electron chi connectivity index (χ4n) is 2.29. The third-order valence-corrected chi connectivity index (χ3v) is 3.15. The molecule has 0 aromatic heterocycles. The molecule has 0 bridgehead atoms. The number of hydrogen-bond donors (Lipinski definition) is 0. The van der Waals surface area contributed by atoms with Crippen molar-refractivity contribution in [3.63, 3.8) is 0 Å². The van der Waals surface area contributed by atoms with Crippen LogP contribution in [0.5, 0.6) is 0 Å². The lowest BCUT2D eigenvalue weighted by Crippen LogP contribution is -2.27. The molecule has 2 atom stereocenters. The van der Waals surface area contributed by atoms with E-state index in [-0.39, 0.29) is 12.1 Å². The van der Waals surface area contributed by atoms with Gasteiger partial charge in [0.15, 0.2) is 0 Å². The van der Waals surface area contributed by atoms with Crippen LogP contribution in [0.2, 0.25) is 0 Å². The molecule has 0 radical (unpaired) electrons. The molecule has 0 saturated heterocycles. The number of ether oxygens (including phenoxy) is 1. The van der Waals surface area contributed by atoms with Crippen molar-refractivity contribution >= 4 is 0 Å². The minimum atomic E-state index is -0.237. The number of benzene rings is 1. The average molecular weight is 241 g/mol. The number of hydrogen-bond acceptors (Lipinski definition) is 2. The number of nitrogens with zero attached hydrogens (tertiary/aromatic N) is 3. The molecule has 1 aromatic carbocycles. The van der Waals surface area contributed by atoms with E-state index in [1.165, 1.54) is 5.56 Å². The van der Waals surface area contributed by atoms with Crippen LogP contribution in [0.1, 0.15) is 30.5 Å². The maximum absolute atomic E-state index is 8.71. The Labute approximate surface area is 107 Å². The first kappa shape index (κ1) is 12.5. The molecule has 0 heterocycles. The molecule has 0 unspecified atom stereocenters. The molecule has 1 aromatic rings. The lowest BCUT2D eigenvalue weighted by molar-refractivity contribution is 0.0465. The van der Waals surface area contributed by atoms with Crippen molar-refractivity contribution in [2.75, 3.05) is 6.61 Å². The summed E-state index contributed by atoms with van der Waals surface area (Å²) in [6.07, 6.45) is 1.75. The smallest absolute Gasteiger partial charge is 0.108 e. The van der Waals surface area contributed by atoms with Gasteiger partial charge in [0.05, 0.1) is 12.1 Å². The quantitative estimate of drug-likeness (QED) is 0.346. The van der Waals surface area contributed by atoms with E-state index in [0.717, 1.165) is 18.4 Å². The van der Waals surface area contributed by atoms with Crippen molar-refractivity contribution in [2.45, 2.75) is 31.9 Å². The van der Waals surface area contributed by atoms with E-state index in [1.54, 1.807) is 6.92 Å². The molecule has 0 spiro atoms. The Morgan fingerprint density at radius 2 is 2.33 bits per heavy atom. The fourth-order valence-corrected chi connectivity index (χ4v) is 2.29. The summed E-state index contributed by atoms with van der Waals surface area (Å²) in [6, 6.07) is 7.83. The highest BCUT2D eigenvalue weighted by atomic mass is 16.5. The fraction of sp³-hybridized carbons (Fsp3) is 0.429. The van der Waals surface area contributed by atoms with Crippen molar-refractivity contribution in [3.8, 4) is 11.8 Å². The summed E-state index contributed by atoms with van der Waals surface area (Å²) >= 11 is 0. The van der Waals surface area contributed by atoms with Gasteiger partial charge in [-0.05, 0) is 36.4 Å². The average Bonchev–Trinajstić information content (AvgIpc) is 2.41. The van der Waals surface area contributed by atoms with Crippen LogP contribution in [0.15, 0.2) is 29.4 Å². The van der Waals surface area contributed by atoms with Gasteiger partial charge in [0, 0.05) is 4.91 Å². The molecule has 0 aliphatic heterocycles. The Morgan fingerprint density at radius 3 is 3.11 bits per heavy atom. The molecule has 1 aliphatic rings. The van der Waals surface area contributed by atoms with Crippen LogP contribution in [0.4, 0.5) is 0 Å². The van der Waals surface area contributed by atoms with Crippen molar-refractivity contribution in [1.82, 2.24) is 0 Å². The molecule has 18 heavy (non-hydrogen) atoms. The van der Waals surface area contributed by atoms with Gasteiger partial charge in [-0.3, -0.25) is 0 Å². The van der Waals surface area contributed by atoms with E-state index < -0.39 is 0 Å². The molecule has 2 rings (SSSR count). The summed E-state index contributed by atoms with van der Waals surface area (Å²) < 4.78 is 5.71. The van der Waals surface area contributed by atoms with Gasteiger partial charge in [0.2, 0.25) is 0 Å². The topological polar surface area (TPSA) is 58.0 Å². The summed E-state index contributed by atoms with van der Waals surface area (Å²) in [4.78, 5) is 2.95. The number of fused-ring (bicyclic) bond motifs is 1. The predicted octanol–water partition coefficient (Wildman–Crippen LogP) is 3.39. The van der Waals surface area contributed by atoms with Crippen LogP contribution >= 0.6 is 0 Å². The second kappa shape index (κ2) is 6.11. The zero-order valence-corrected chi connectivity index (χ0v) is 10.3. The Kier molecular flexibility index (Phi) is 4.25. The van der Waals surface area contributed by atoms with Crippen molar-refractivity contribution < 1.29 is 4.74 Å². The Balaban J connectivity index is 2.23. The highest BCUT2D eigenvalue weighted by molar-refractivity contribution is 5.33. The first-order valence-corrected chi connectivity index (χ1v) is 6.00. The van der Waals surface area contributed by atoms with Crippen LogP contribution in [-0.2, 0) is 11.2 Å². The summed E-state index contributed by atoms with van der Waals surface area (Å²) in [7, 11) is 0. The van der Waals surface area contributed by atoms with E-state index in [2.05, 4.69) is 27.9 Å². The SMILES string of the molecule is CC#CCO[C@@H]1CCc2ccccc2[C@H]1N=[N+]=[N-]. The van der Waals surface area contributed by atoms with Crippen molar-refractivity contribution in [1.29, 1.82) is 0 Å². The van der Waals surface area contributed by atoms with E-state index in [0.29, 0.717) is 6.61 Å². The number of rotatable bonds is 3. The zero-order chi connectivity index (χ0) is 12.8. The summed E-state index contributed by atoms with van der Waals surface area (Å²) in [5.41, 5.74) is 11.0. The highest BCUT2D eigenvalue weighted by Crippen LogP contribution is 2.34. The summed E-state index contributed by atoms with van der Waals surface area (Å²) in [5.74, 6) is 5.67. The van der Waals surface area contributed by atoms with Gasteiger partial charge >= 0.3 is 0 Å². The van der Waals surface area contributed by atoms with Crippen LogP contribution in [0.3, 0.4) is 0 Å². The molecular weight excluding hydrogens is 226 g/mol. The second-order valence-corrected chi connectivity index (χ2v) is 4.16. The minimum Gasteiger partial charge on any atom is -0.365 e. The Morgan fingerprint density at radius 1 is 1.50 bits per heavy atom. The van der Waals surface area contributed by atoms with Crippen LogP contribution in [0.25, 0.3) is 10.4 Å². The van der Waals surface area contributed by atoms with Gasteiger partial charge in [0.1, 0.15) is 6.61 Å². The number of aryl methyl sites for hydroxylation is 1. The van der Waals surface area contributed by atoms with E-state index in [1.807, 2.05) is 18.2 Å². The van der Waals surface area contributed by atoms with Crippen LogP contribution in [0, 0.1) is 11.8 Å². The third kappa shape index (κ3) is 2.65. The zero-order valence-electron chi connectivity index (χ0n) is 10.3. The van der Waals surface area contributed by atoms with Gasteiger partial charge in [-0.15, -0.1) is 5.92 Å². The van der Waals surface area contributed by atoms with Gasteiger partial charge in [-0.25, -0.2) is 0 Å². The first-order valence-electron chi connectivity index (χ1n) is 6.00.